The zero-order valence-electron chi connectivity index (χ0n) is 58.9. The minimum absolute atomic E-state index is 0.0129. The Morgan fingerprint density at radius 3 is 1.81 bits per heavy atom. The summed E-state index contributed by atoms with van der Waals surface area (Å²) in [5.41, 5.74) is -1.69. The first-order valence-electron chi connectivity index (χ1n) is 35.1. The first kappa shape index (κ1) is 76.9. The monoisotopic (exact) mass is 1400 g/mol. The molecule has 99 heavy (non-hydrogen) atoms. The fourth-order valence-corrected chi connectivity index (χ4v) is 15.4. The van der Waals surface area contributed by atoms with Crippen LogP contribution < -0.4 is 16.0 Å². The highest BCUT2D eigenvalue weighted by atomic mass is 35.5. The number of likely N-dealkylation sites (tertiary alicyclic amines) is 1. The van der Waals surface area contributed by atoms with Crippen LogP contribution in [0.25, 0.3) is 0 Å². The molecule has 8 rings (SSSR count). The van der Waals surface area contributed by atoms with Crippen molar-refractivity contribution >= 4 is 82.5 Å². The molecule has 0 unspecified atom stereocenters. The largest absolute Gasteiger partial charge is 0.417 e. The first-order chi connectivity index (χ1) is 46.8. The highest BCUT2D eigenvalue weighted by molar-refractivity contribution is 6.31. The van der Waals surface area contributed by atoms with Crippen LogP contribution in [0.2, 0.25) is 5.02 Å². The molecule has 10 atom stereocenters. The van der Waals surface area contributed by atoms with Gasteiger partial charge in [-0.2, -0.15) is 13.2 Å². The van der Waals surface area contributed by atoms with E-state index in [-0.39, 0.29) is 71.0 Å². The van der Waals surface area contributed by atoms with E-state index in [0.29, 0.717) is 75.6 Å². The van der Waals surface area contributed by atoms with Gasteiger partial charge in [0.15, 0.2) is 0 Å². The number of amides is 12. The molecule has 1 aliphatic carbocycles. The molecule has 5 aliphatic heterocycles. The number of halogens is 4. The van der Waals surface area contributed by atoms with Crippen molar-refractivity contribution in [2.45, 2.75) is 216 Å². The van der Waals surface area contributed by atoms with Crippen LogP contribution in [0.4, 0.5) is 13.2 Å². The molecule has 0 bridgehead atoms. The Bertz CT molecular complexity index is 3330. The molecule has 1 saturated carbocycles. The Hall–Kier alpha value is -7.84. The molecule has 28 heteroatoms. The topological polar surface area (TPSA) is 270 Å². The number of piperidine rings is 1. The van der Waals surface area contributed by atoms with Gasteiger partial charge in [0, 0.05) is 74.4 Å². The molecule has 544 valence electrons. The second-order valence-electron chi connectivity index (χ2n) is 28.4. The lowest BCUT2D eigenvalue weighted by Gasteiger charge is -2.42. The normalized spacial score (nSPS) is 27.4. The molecule has 0 aromatic heterocycles. The number of aryl methyl sites for hydroxylation is 1. The molecule has 6 fully saturated rings. The zero-order valence-corrected chi connectivity index (χ0v) is 59.6. The lowest BCUT2D eigenvalue weighted by molar-refractivity contribution is -0.156. The van der Waals surface area contributed by atoms with Crippen molar-refractivity contribution in [2.75, 3.05) is 74.5 Å². The summed E-state index contributed by atoms with van der Waals surface area (Å²) in [6, 6.07) is 0.830. The summed E-state index contributed by atoms with van der Waals surface area (Å²) in [5, 5.41) is 8.15. The van der Waals surface area contributed by atoms with Gasteiger partial charge >= 0.3 is 6.18 Å². The van der Waals surface area contributed by atoms with E-state index in [2.05, 4.69) is 16.0 Å². The van der Waals surface area contributed by atoms with Gasteiger partial charge < -0.3 is 60.0 Å². The van der Waals surface area contributed by atoms with E-state index < -0.39 is 172 Å². The highest BCUT2D eigenvalue weighted by Gasteiger charge is 2.51. The van der Waals surface area contributed by atoms with Crippen molar-refractivity contribution in [3.63, 3.8) is 0 Å². The zero-order chi connectivity index (χ0) is 72.5. The molecule has 2 aromatic rings. The summed E-state index contributed by atoms with van der Waals surface area (Å²) in [6.07, 6.45) is -0.167. The molecular weight excluding hydrogens is 1310 g/mol. The molecule has 0 radical (unpaired) electrons. The maximum absolute atomic E-state index is 15.4. The Labute approximate surface area is 583 Å². The maximum atomic E-state index is 15.4. The lowest BCUT2D eigenvalue weighted by atomic mass is 9.91. The Morgan fingerprint density at radius 1 is 0.616 bits per heavy atom. The van der Waals surface area contributed by atoms with Crippen molar-refractivity contribution in [2.24, 2.45) is 11.8 Å². The van der Waals surface area contributed by atoms with E-state index in [1.807, 2.05) is 6.92 Å². The van der Waals surface area contributed by atoms with Crippen LogP contribution in [0.1, 0.15) is 154 Å². The molecule has 1 spiro atoms. The standard InChI is InChI=1S/C71H100ClF3N12O12/c1-11-44(4)58-67(97)79(6)42-57(89)85-36-22-27-53(85)64(94)81(8)54(40-46-23-14-12-15-24-46)66(96)87-38-20-25-51(87)61(91)76-50(31-29-47-28-30-48(49(72)39-47)71(73,74)75)63(93)86-37-21-26-52(86)62(92)78-70(32-16-17-33-70)69(99)83(10)59(43(2)3)68(98)82(9)55(65(95)84-34-18-13-19-35-84)41-56(88)80(7)45(5)60(90)77-58/h12,14-15,23-24,28,30,39,43-45,50-55,58-59H,11,13,16-22,25-27,29,31-38,40-42H2,1-10H3,(H,76,91)(H,77,90)(H,78,92)/t44-,45-,50-,51+,52-,53-,54-,55-,58-,59-/m0/s1. The van der Waals surface area contributed by atoms with Crippen molar-refractivity contribution in [1.82, 2.24) is 60.0 Å². The molecule has 5 saturated heterocycles. The summed E-state index contributed by atoms with van der Waals surface area (Å²) >= 11 is 6.18. The van der Waals surface area contributed by atoms with Crippen molar-refractivity contribution in [1.29, 1.82) is 0 Å². The van der Waals surface area contributed by atoms with E-state index in [4.69, 9.17) is 11.6 Å². The van der Waals surface area contributed by atoms with Gasteiger partial charge in [-0.05, 0) is 125 Å². The number of benzene rings is 2. The molecule has 12 amide bonds. The first-order valence-corrected chi connectivity index (χ1v) is 35.5. The summed E-state index contributed by atoms with van der Waals surface area (Å²) in [5.74, 6) is -8.83. The van der Waals surface area contributed by atoms with Gasteiger partial charge in [0.05, 0.1) is 23.6 Å². The SMILES string of the molecule is CC[C@H](C)[C@@H]1NC(=O)[C@H](C)N(C)C(=O)C[C@@H](C(=O)N2CCCCC2)N(C)C(=O)[C@H](C(C)C)N(C)C(=O)C2(CCCC2)NC(=O)[C@@H]2CCCN2C(=O)[C@H](CCc2ccc(C(F)(F)F)c(Cl)c2)NC(=O)[C@H]2CCCN2C(=O)[C@H](Cc2ccccc2)N(C)C(=O)[C@@H]2CCCN2C(=O)CN(C)C1=O. The number of nitrogens with zero attached hydrogens (tertiary/aromatic N) is 9. The van der Waals surface area contributed by atoms with Crippen LogP contribution in [0.15, 0.2) is 48.5 Å². The maximum Gasteiger partial charge on any atom is 0.417 e. The van der Waals surface area contributed by atoms with Gasteiger partial charge in [0.2, 0.25) is 70.9 Å². The van der Waals surface area contributed by atoms with E-state index in [9.17, 15) is 37.1 Å². The third kappa shape index (κ3) is 17.5. The van der Waals surface area contributed by atoms with E-state index in [0.717, 1.165) is 23.5 Å². The van der Waals surface area contributed by atoms with Crippen molar-refractivity contribution < 1.29 is 70.7 Å². The minimum atomic E-state index is -4.77. The predicted octanol–water partition coefficient (Wildman–Crippen LogP) is 4.81. The molecular formula is C71H100ClF3N12O12. The van der Waals surface area contributed by atoms with Crippen molar-refractivity contribution in [3.05, 3.63) is 70.2 Å². The molecule has 6 aliphatic rings. The van der Waals surface area contributed by atoms with E-state index in [1.54, 1.807) is 56.0 Å². The third-order valence-electron chi connectivity index (χ3n) is 21.4. The molecule has 5 heterocycles. The lowest BCUT2D eigenvalue weighted by Crippen LogP contribution is -2.65. The van der Waals surface area contributed by atoms with Gasteiger partial charge in [0.1, 0.15) is 59.9 Å². The average Bonchev–Trinajstić information content (AvgIpc) is 1.76. The number of carbonyl (C=O) groups is 12. The average molecular weight is 1410 g/mol. The summed E-state index contributed by atoms with van der Waals surface area (Å²) in [6.45, 7) is 8.94. The minimum Gasteiger partial charge on any atom is -0.342 e. The second kappa shape index (κ2) is 33.1. The number of hydrogen-bond donors (Lipinski definition) is 3. The highest BCUT2D eigenvalue weighted by Crippen LogP contribution is 2.37. The third-order valence-corrected chi connectivity index (χ3v) is 21.8. The van der Waals surface area contributed by atoms with Crippen LogP contribution in [-0.4, -0.2) is 249 Å². The van der Waals surface area contributed by atoms with E-state index >= 15 is 33.6 Å². The molecule has 24 nitrogen and oxygen atoms in total. The molecule has 2 aromatic carbocycles. The van der Waals surface area contributed by atoms with Crippen LogP contribution >= 0.6 is 11.6 Å². The van der Waals surface area contributed by atoms with Crippen molar-refractivity contribution in [3.8, 4) is 0 Å². The Balaban J connectivity index is 1.17. The predicted molar refractivity (Wildman–Crippen MR) is 361 cm³/mol. The van der Waals surface area contributed by atoms with Crippen LogP contribution in [0, 0.1) is 11.8 Å². The number of nitrogens with one attached hydrogen (secondary N) is 3. The van der Waals surface area contributed by atoms with Gasteiger partial charge in [0.25, 0.3) is 0 Å². The number of likely N-dealkylation sites (N-methyl/N-ethyl adjacent to an activating group) is 5. The van der Waals surface area contributed by atoms with Crippen LogP contribution in [0.5, 0.6) is 0 Å². The summed E-state index contributed by atoms with van der Waals surface area (Å²) < 4.78 is 41.8. The quantitative estimate of drug-likeness (QED) is 0.305. The van der Waals surface area contributed by atoms with Gasteiger partial charge in [-0.25, -0.2) is 0 Å². The number of rotatable bonds is 9. The Morgan fingerprint density at radius 2 is 1.21 bits per heavy atom. The van der Waals surface area contributed by atoms with Crippen LogP contribution in [0.3, 0.4) is 0 Å². The number of fused-ring (bicyclic) bond motifs is 3. The number of hydrogen-bond acceptors (Lipinski definition) is 12. The number of carbonyl (C=O) groups excluding carboxylic acids is 12. The summed E-state index contributed by atoms with van der Waals surface area (Å²) in [7, 11) is 7.08. The second-order valence-corrected chi connectivity index (χ2v) is 28.8. The number of alkyl halides is 3. The molecule has 3 N–H and O–H groups in total. The fraction of sp³-hybridized carbons (Fsp3) is 0.662. The van der Waals surface area contributed by atoms with Crippen LogP contribution in [-0.2, 0) is 76.6 Å². The van der Waals surface area contributed by atoms with Gasteiger partial charge in [-0.15, -0.1) is 0 Å². The van der Waals surface area contributed by atoms with Gasteiger partial charge in [-0.1, -0.05) is 95.0 Å². The Kier molecular flexibility index (Phi) is 25.7. The van der Waals surface area contributed by atoms with E-state index in [1.165, 1.54) is 82.5 Å². The smallest absolute Gasteiger partial charge is 0.342 e. The summed E-state index contributed by atoms with van der Waals surface area (Å²) in [4.78, 5) is 191. The fourth-order valence-electron chi connectivity index (χ4n) is 15.1. The van der Waals surface area contributed by atoms with Gasteiger partial charge in [-0.3, -0.25) is 57.5 Å².